The smallest absolute Gasteiger partial charge is 0.355 e. The van der Waals surface area contributed by atoms with Crippen LogP contribution in [-0.4, -0.2) is 37.3 Å². The summed E-state index contributed by atoms with van der Waals surface area (Å²) in [5.41, 5.74) is 7.10. The number of anilines is 2. The number of nitrogens with one attached hydrogen (secondary N) is 1. The molecule has 0 bridgehead atoms. The molecule has 0 saturated heterocycles. The number of halogens is 2. The third kappa shape index (κ3) is 5.49. The molecule has 2 heterocycles. The molecule has 0 aliphatic carbocycles. The van der Waals surface area contributed by atoms with Gasteiger partial charge in [0.15, 0.2) is 0 Å². The van der Waals surface area contributed by atoms with E-state index in [0.717, 1.165) is 10.1 Å². The van der Waals surface area contributed by atoms with E-state index in [2.05, 4.69) is 15.3 Å². The highest BCUT2D eigenvalue weighted by Crippen LogP contribution is 2.19. The predicted octanol–water partition coefficient (Wildman–Crippen LogP) is 2.83. The molecule has 0 aliphatic heterocycles. The Hall–Kier alpha value is -5.00. The zero-order valence-electron chi connectivity index (χ0n) is 21.0. The van der Waals surface area contributed by atoms with Crippen molar-refractivity contribution >= 4 is 22.9 Å². The largest absolute Gasteiger partial charge is 0.497 e. The maximum Gasteiger partial charge on any atom is 0.355 e. The molecule has 200 valence electrons. The molecule has 0 amide bonds. The molecule has 0 unspecified atom stereocenters. The number of nitrogen functional groups attached to an aromatic ring is 1. The van der Waals surface area contributed by atoms with E-state index in [1.165, 1.54) is 41.0 Å². The molecule has 5 aromatic rings. The number of methoxy groups -OCH3 is 1. The van der Waals surface area contributed by atoms with Crippen LogP contribution in [0.5, 0.6) is 5.75 Å². The Balaban J connectivity index is 1.46. The number of hydrogen-bond donors (Lipinski definition) is 2. The number of hydrogen-bond acceptors (Lipinski definition) is 7. The maximum absolute atomic E-state index is 13.8. The van der Waals surface area contributed by atoms with Gasteiger partial charge in [0, 0.05) is 13.1 Å². The van der Waals surface area contributed by atoms with Crippen LogP contribution < -0.4 is 27.2 Å². The third-order valence-electron chi connectivity index (χ3n) is 6.26. The normalized spacial score (nSPS) is 11.2. The summed E-state index contributed by atoms with van der Waals surface area (Å²) < 4.78 is 36.3. The fraction of sp³-hybridized carbons (Fsp3) is 0.185. The zero-order valence-corrected chi connectivity index (χ0v) is 21.0. The van der Waals surface area contributed by atoms with Crippen LogP contribution >= 0.6 is 0 Å². The van der Waals surface area contributed by atoms with Gasteiger partial charge in [0.2, 0.25) is 11.9 Å². The van der Waals surface area contributed by atoms with Crippen molar-refractivity contribution in [1.82, 2.24) is 23.7 Å². The van der Waals surface area contributed by atoms with E-state index in [4.69, 9.17) is 10.5 Å². The first-order valence-corrected chi connectivity index (χ1v) is 12.1. The highest BCUT2D eigenvalue weighted by Gasteiger charge is 2.15. The first-order chi connectivity index (χ1) is 18.8. The van der Waals surface area contributed by atoms with Crippen LogP contribution in [0, 0.1) is 11.6 Å². The lowest BCUT2D eigenvalue weighted by Gasteiger charge is -2.16. The first kappa shape index (κ1) is 25.6. The average Bonchev–Trinajstić information content (AvgIpc) is 3.24. The summed E-state index contributed by atoms with van der Waals surface area (Å²) in [6.45, 7) is 0.520. The Morgan fingerprint density at radius 3 is 2.18 bits per heavy atom. The van der Waals surface area contributed by atoms with E-state index in [-0.39, 0.29) is 38.1 Å². The lowest BCUT2D eigenvalue weighted by Crippen LogP contribution is -2.43. The topological polar surface area (TPSA) is 122 Å². The fourth-order valence-corrected chi connectivity index (χ4v) is 4.26. The molecule has 3 N–H and O–H groups in total. The van der Waals surface area contributed by atoms with E-state index < -0.39 is 23.0 Å². The monoisotopic (exact) mass is 533 g/mol. The molecule has 39 heavy (non-hydrogen) atoms. The van der Waals surface area contributed by atoms with Gasteiger partial charge >= 0.3 is 11.4 Å². The number of aromatic nitrogens is 5. The minimum atomic E-state index is -0.757. The van der Waals surface area contributed by atoms with Crippen molar-refractivity contribution in [3.05, 3.63) is 110 Å². The minimum absolute atomic E-state index is 0.0605. The van der Waals surface area contributed by atoms with E-state index in [0.29, 0.717) is 22.3 Å². The SMILES string of the molecule is COc1ccc(Cn2c(NCCn3c(N)nc4ccc(F)cc43)nc(=O)n(Cc3ccc(F)cc3)c2=O)cc1. The molecule has 3 aromatic carbocycles. The van der Waals surface area contributed by atoms with E-state index >= 15 is 0 Å². The summed E-state index contributed by atoms with van der Waals surface area (Å²) >= 11 is 0. The van der Waals surface area contributed by atoms with Gasteiger partial charge in [0.1, 0.15) is 17.4 Å². The molecule has 12 heteroatoms. The molecule has 0 atom stereocenters. The molecule has 0 aliphatic rings. The van der Waals surface area contributed by atoms with Crippen LogP contribution in [0.2, 0.25) is 0 Å². The van der Waals surface area contributed by atoms with E-state index in [1.807, 2.05) is 0 Å². The van der Waals surface area contributed by atoms with Crippen molar-refractivity contribution in [1.29, 1.82) is 0 Å². The average molecular weight is 534 g/mol. The van der Waals surface area contributed by atoms with Crippen LogP contribution in [0.25, 0.3) is 11.0 Å². The van der Waals surface area contributed by atoms with Crippen molar-refractivity contribution in [2.24, 2.45) is 0 Å². The third-order valence-corrected chi connectivity index (χ3v) is 6.26. The van der Waals surface area contributed by atoms with Crippen molar-refractivity contribution in [3.8, 4) is 5.75 Å². The number of rotatable bonds is 9. The van der Waals surface area contributed by atoms with Crippen molar-refractivity contribution in [2.45, 2.75) is 19.6 Å². The summed E-state index contributed by atoms with van der Waals surface area (Å²) in [6, 6.07) is 16.9. The van der Waals surface area contributed by atoms with Crippen LogP contribution in [0.1, 0.15) is 11.1 Å². The molecule has 0 spiro atoms. The molecular weight excluding hydrogens is 508 g/mol. The first-order valence-electron chi connectivity index (χ1n) is 12.1. The summed E-state index contributed by atoms with van der Waals surface area (Å²) in [7, 11) is 1.56. The lowest BCUT2D eigenvalue weighted by molar-refractivity contribution is 0.414. The van der Waals surface area contributed by atoms with Gasteiger partial charge in [-0.2, -0.15) is 4.98 Å². The van der Waals surface area contributed by atoms with Crippen molar-refractivity contribution < 1.29 is 13.5 Å². The molecule has 0 saturated carbocycles. The number of benzene rings is 3. The summed E-state index contributed by atoms with van der Waals surface area (Å²) in [6.07, 6.45) is 0. The summed E-state index contributed by atoms with van der Waals surface area (Å²) in [4.78, 5) is 34.8. The van der Waals surface area contributed by atoms with Gasteiger partial charge < -0.3 is 20.4 Å². The van der Waals surface area contributed by atoms with Gasteiger partial charge in [-0.1, -0.05) is 24.3 Å². The number of nitrogens with two attached hydrogens (primary N) is 1. The Bertz CT molecular complexity index is 1740. The lowest BCUT2D eigenvalue weighted by atomic mass is 10.2. The Morgan fingerprint density at radius 1 is 0.846 bits per heavy atom. The van der Waals surface area contributed by atoms with Gasteiger partial charge in [0.25, 0.3) is 0 Å². The highest BCUT2D eigenvalue weighted by molar-refractivity contribution is 5.78. The van der Waals surface area contributed by atoms with Gasteiger partial charge in [-0.25, -0.2) is 27.9 Å². The van der Waals surface area contributed by atoms with E-state index in [9.17, 15) is 18.4 Å². The minimum Gasteiger partial charge on any atom is -0.497 e. The zero-order chi connectivity index (χ0) is 27.5. The fourth-order valence-electron chi connectivity index (χ4n) is 4.26. The quantitative estimate of drug-likeness (QED) is 0.299. The molecule has 2 aromatic heterocycles. The van der Waals surface area contributed by atoms with Crippen molar-refractivity contribution in [2.75, 3.05) is 24.7 Å². The molecule has 5 rings (SSSR count). The Labute approximate surface area is 220 Å². The molecule has 0 radical (unpaired) electrons. The maximum atomic E-state index is 13.8. The van der Waals surface area contributed by atoms with Crippen LogP contribution in [0.3, 0.4) is 0 Å². The number of imidazole rings is 1. The van der Waals surface area contributed by atoms with Gasteiger partial charge in [0.05, 0.1) is 31.2 Å². The second kappa shape index (κ2) is 10.8. The van der Waals surface area contributed by atoms with Gasteiger partial charge in [-0.3, -0.25) is 4.57 Å². The molecule has 0 fully saturated rings. The van der Waals surface area contributed by atoms with Crippen LogP contribution in [0.4, 0.5) is 20.7 Å². The standard InChI is InChI=1S/C27H25F2N7O3/c1-39-21-9-4-18(5-10-21)15-35-25(31-12-13-34-23-14-20(29)8-11-22(23)32-24(34)30)33-26(37)36(27(35)38)16-17-2-6-19(28)7-3-17/h2-11,14H,12-13,15-16H2,1H3,(H2,30,32)(H,31,33,37). The van der Waals surface area contributed by atoms with Gasteiger partial charge in [-0.15, -0.1) is 0 Å². The van der Waals surface area contributed by atoms with E-state index in [1.54, 1.807) is 42.0 Å². The Kier molecular flexibility index (Phi) is 7.08. The van der Waals surface area contributed by atoms with Gasteiger partial charge in [-0.05, 0) is 53.6 Å². The summed E-state index contributed by atoms with van der Waals surface area (Å²) in [5.74, 6) is 0.0811. The predicted molar refractivity (Wildman–Crippen MR) is 143 cm³/mol. The second-order valence-corrected chi connectivity index (χ2v) is 8.83. The highest BCUT2D eigenvalue weighted by atomic mass is 19.1. The molecule has 10 nitrogen and oxygen atoms in total. The second-order valence-electron chi connectivity index (χ2n) is 8.83. The van der Waals surface area contributed by atoms with Crippen LogP contribution in [-0.2, 0) is 19.6 Å². The number of nitrogens with zero attached hydrogens (tertiary/aromatic N) is 5. The summed E-state index contributed by atoms with van der Waals surface area (Å²) in [5, 5.41) is 3.05. The number of ether oxygens (including phenoxy) is 1. The van der Waals surface area contributed by atoms with Crippen molar-refractivity contribution in [3.63, 3.8) is 0 Å². The molecular formula is C27H25F2N7O3. The number of fused-ring (bicyclic) bond motifs is 1. The van der Waals surface area contributed by atoms with Crippen LogP contribution in [0.15, 0.2) is 76.3 Å². The Morgan fingerprint density at radius 2 is 1.49 bits per heavy atom.